The number of furan rings is 1. The summed E-state index contributed by atoms with van der Waals surface area (Å²) >= 11 is 0. The molecule has 0 aliphatic heterocycles. The van der Waals surface area contributed by atoms with Crippen molar-refractivity contribution in [1.29, 1.82) is 0 Å². The second-order valence-corrected chi connectivity index (χ2v) is 5.14. The number of fused-ring (bicyclic) bond motifs is 1. The van der Waals surface area contributed by atoms with Crippen LogP contribution in [0.4, 0.5) is 5.95 Å². The largest absolute Gasteiger partial charge is 0.466 e. The lowest BCUT2D eigenvalue weighted by molar-refractivity contribution is 0.482. The SMILES string of the molecule is Cc1ccc(CCN(C)c2nc3ccccc3n2C)o1. The molecule has 20 heavy (non-hydrogen) atoms. The molecule has 3 aromatic rings. The van der Waals surface area contributed by atoms with Gasteiger partial charge in [0, 0.05) is 27.1 Å². The molecule has 0 fully saturated rings. The molecule has 104 valence electrons. The van der Waals surface area contributed by atoms with E-state index in [1.807, 2.05) is 37.3 Å². The highest BCUT2D eigenvalue weighted by Gasteiger charge is 2.11. The van der Waals surface area contributed by atoms with E-state index in [2.05, 4.69) is 34.6 Å². The maximum absolute atomic E-state index is 5.61. The summed E-state index contributed by atoms with van der Waals surface area (Å²) < 4.78 is 7.73. The minimum Gasteiger partial charge on any atom is -0.466 e. The highest BCUT2D eigenvalue weighted by atomic mass is 16.3. The molecule has 2 heterocycles. The van der Waals surface area contributed by atoms with Crippen molar-refractivity contribution in [2.24, 2.45) is 7.05 Å². The van der Waals surface area contributed by atoms with Gasteiger partial charge in [-0.05, 0) is 31.2 Å². The van der Waals surface area contributed by atoms with Crippen LogP contribution in [-0.4, -0.2) is 23.1 Å². The van der Waals surface area contributed by atoms with Crippen LogP contribution in [0.3, 0.4) is 0 Å². The fourth-order valence-corrected chi connectivity index (χ4v) is 2.47. The first-order valence-electron chi connectivity index (χ1n) is 6.83. The normalized spacial score (nSPS) is 11.2. The Hall–Kier alpha value is -2.23. The van der Waals surface area contributed by atoms with E-state index in [4.69, 9.17) is 4.42 Å². The smallest absolute Gasteiger partial charge is 0.206 e. The molecule has 4 heteroatoms. The van der Waals surface area contributed by atoms with Gasteiger partial charge in [0.05, 0.1) is 11.0 Å². The Morgan fingerprint density at radius 2 is 2.00 bits per heavy atom. The molecule has 0 radical (unpaired) electrons. The van der Waals surface area contributed by atoms with Crippen LogP contribution in [0, 0.1) is 6.92 Å². The van der Waals surface area contributed by atoms with Gasteiger partial charge < -0.3 is 13.9 Å². The number of likely N-dealkylation sites (N-methyl/N-ethyl adjacent to an activating group) is 1. The summed E-state index contributed by atoms with van der Waals surface area (Å²) in [5, 5.41) is 0. The summed E-state index contributed by atoms with van der Waals surface area (Å²) in [4.78, 5) is 6.85. The number of hydrogen-bond acceptors (Lipinski definition) is 3. The fraction of sp³-hybridized carbons (Fsp3) is 0.312. The Balaban J connectivity index is 1.78. The quantitative estimate of drug-likeness (QED) is 0.729. The van der Waals surface area contributed by atoms with Gasteiger partial charge >= 0.3 is 0 Å². The molecular formula is C16H19N3O. The molecule has 0 amide bonds. The van der Waals surface area contributed by atoms with E-state index in [-0.39, 0.29) is 0 Å². The van der Waals surface area contributed by atoms with Gasteiger partial charge in [0.15, 0.2) is 0 Å². The number of benzene rings is 1. The second kappa shape index (κ2) is 5.04. The first-order chi connectivity index (χ1) is 9.65. The number of anilines is 1. The van der Waals surface area contributed by atoms with E-state index in [9.17, 15) is 0 Å². The van der Waals surface area contributed by atoms with E-state index < -0.39 is 0 Å². The fourth-order valence-electron chi connectivity index (χ4n) is 2.47. The van der Waals surface area contributed by atoms with Crippen molar-refractivity contribution in [3.05, 3.63) is 47.9 Å². The van der Waals surface area contributed by atoms with Crippen LogP contribution in [0.1, 0.15) is 11.5 Å². The number of imidazole rings is 1. The van der Waals surface area contributed by atoms with E-state index in [0.717, 1.165) is 41.5 Å². The van der Waals surface area contributed by atoms with Crippen molar-refractivity contribution in [2.45, 2.75) is 13.3 Å². The Labute approximate surface area is 118 Å². The molecule has 0 saturated heterocycles. The summed E-state index contributed by atoms with van der Waals surface area (Å²) in [6, 6.07) is 12.2. The minimum absolute atomic E-state index is 0.879. The number of para-hydroxylation sites is 2. The second-order valence-electron chi connectivity index (χ2n) is 5.14. The van der Waals surface area contributed by atoms with Crippen LogP contribution in [0.25, 0.3) is 11.0 Å². The number of rotatable bonds is 4. The monoisotopic (exact) mass is 269 g/mol. The zero-order valence-corrected chi connectivity index (χ0v) is 12.1. The Kier molecular flexibility index (Phi) is 3.22. The topological polar surface area (TPSA) is 34.2 Å². The predicted molar refractivity (Wildman–Crippen MR) is 81.1 cm³/mol. The molecule has 0 aliphatic rings. The van der Waals surface area contributed by atoms with Crippen molar-refractivity contribution in [2.75, 3.05) is 18.5 Å². The molecule has 0 unspecified atom stereocenters. The molecule has 0 atom stereocenters. The van der Waals surface area contributed by atoms with Gasteiger partial charge in [0.2, 0.25) is 5.95 Å². The van der Waals surface area contributed by atoms with E-state index in [1.54, 1.807) is 0 Å². The standard InChI is InChI=1S/C16H19N3O/c1-12-8-9-13(20-12)10-11-18(2)16-17-14-6-4-5-7-15(14)19(16)3/h4-9H,10-11H2,1-3H3. The van der Waals surface area contributed by atoms with E-state index in [0.29, 0.717) is 0 Å². The molecule has 3 rings (SSSR count). The van der Waals surface area contributed by atoms with Crippen LogP contribution in [-0.2, 0) is 13.5 Å². The van der Waals surface area contributed by atoms with Crippen LogP contribution >= 0.6 is 0 Å². The summed E-state index contributed by atoms with van der Waals surface area (Å²) in [6.07, 6.45) is 0.882. The Morgan fingerprint density at radius 1 is 1.20 bits per heavy atom. The number of aryl methyl sites for hydroxylation is 2. The van der Waals surface area contributed by atoms with Gasteiger partial charge in [-0.3, -0.25) is 0 Å². The zero-order chi connectivity index (χ0) is 14.1. The van der Waals surface area contributed by atoms with Gasteiger partial charge in [0.1, 0.15) is 11.5 Å². The molecular weight excluding hydrogens is 250 g/mol. The summed E-state index contributed by atoms with van der Waals surface area (Å²) in [5.74, 6) is 2.97. The van der Waals surface area contributed by atoms with Crippen molar-refractivity contribution in [1.82, 2.24) is 9.55 Å². The summed E-state index contributed by atoms with van der Waals surface area (Å²) in [7, 11) is 4.12. The van der Waals surface area contributed by atoms with E-state index in [1.165, 1.54) is 0 Å². The number of aromatic nitrogens is 2. The Bertz CT molecular complexity index is 726. The van der Waals surface area contributed by atoms with Crippen LogP contribution < -0.4 is 4.90 Å². The summed E-state index contributed by atoms with van der Waals surface area (Å²) in [5.41, 5.74) is 2.19. The lowest BCUT2D eigenvalue weighted by Gasteiger charge is -2.17. The molecule has 4 nitrogen and oxygen atoms in total. The van der Waals surface area contributed by atoms with Gasteiger partial charge in [-0.1, -0.05) is 12.1 Å². The van der Waals surface area contributed by atoms with Crippen molar-refractivity contribution < 1.29 is 4.42 Å². The zero-order valence-electron chi connectivity index (χ0n) is 12.1. The average molecular weight is 269 g/mol. The highest BCUT2D eigenvalue weighted by molar-refractivity contribution is 5.78. The molecule has 0 bridgehead atoms. The first kappa shape index (κ1) is 12.8. The maximum Gasteiger partial charge on any atom is 0.206 e. The molecule has 0 aliphatic carbocycles. The van der Waals surface area contributed by atoms with Crippen LogP contribution in [0.5, 0.6) is 0 Å². The van der Waals surface area contributed by atoms with Crippen LogP contribution in [0.15, 0.2) is 40.8 Å². The van der Waals surface area contributed by atoms with E-state index >= 15 is 0 Å². The average Bonchev–Trinajstić information content (AvgIpc) is 3.01. The third-order valence-corrected chi connectivity index (χ3v) is 3.59. The van der Waals surface area contributed by atoms with Gasteiger partial charge in [0.25, 0.3) is 0 Å². The predicted octanol–water partition coefficient (Wildman–Crippen LogP) is 3.15. The highest BCUT2D eigenvalue weighted by Crippen LogP contribution is 2.20. The molecule has 0 saturated carbocycles. The number of hydrogen-bond donors (Lipinski definition) is 0. The first-order valence-corrected chi connectivity index (χ1v) is 6.83. The lowest BCUT2D eigenvalue weighted by Crippen LogP contribution is -2.23. The third kappa shape index (κ3) is 2.29. The lowest BCUT2D eigenvalue weighted by atomic mass is 10.3. The molecule has 0 spiro atoms. The van der Waals surface area contributed by atoms with Crippen molar-refractivity contribution in [3.8, 4) is 0 Å². The summed E-state index contributed by atoms with van der Waals surface area (Å²) in [6.45, 7) is 2.85. The van der Waals surface area contributed by atoms with Gasteiger partial charge in [-0.25, -0.2) is 4.98 Å². The molecule has 2 aromatic heterocycles. The van der Waals surface area contributed by atoms with Crippen molar-refractivity contribution in [3.63, 3.8) is 0 Å². The minimum atomic E-state index is 0.879. The van der Waals surface area contributed by atoms with Crippen molar-refractivity contribution >= 4 is 17.0 Å². The van der Waals surface area contributed by atoms with Gasteiger partial charge in [-0.15, -0.1) is 0 Å². The third-order valence-electron chi connectivity index (χ3n) is 3.59. The Morgan fingerprint density at radius 3 is 2.70 bits per heavy atom. The maximum atomic E-state index is 5.61. The molecule has 1 aromatic carbocycles. The molecule has 0 N–H and O–H groups in total. The van der Waals surface area contributed by atoms with Gasteiger partial charge in [-0.2, -0.15) is 0 Å². The number of nitrogens with zero attached hydrogens (tertiary/aromatic N) is 3. The van der Waals surface area contributed by atoms with Crippen LogP contribution in [0.2, 0.25) is 0 Å².